The highest BCUT2D eigenvalue weighted by molar-refractivity contribution is 5.94. The Morgan fingerprint density at radius 2 is 1.89 bits per heavy atom. The molecule has 1 amide bonds. The summed E-state index contributed by atoms with van der Waals surface area (Å²) in [5, 5.41) is 15.5. The maximum Gasteiger partial charge on any atom is 0.251 e. The van der Waals surface area contributed by atoms with E-state index in [1.807, 2.05) is 18.2 Å². The van der Waals surface area contributed by atoms with Crippen molar-refractivity contribution in [1.82, 2.24) is 25.1 Å². The molecule has 2 aromatic heterocycles. The number of hydrogen-bond donors (Lipinski definition) is 1. The van der Waals surface area contributed by atoms with Gasteiger partial charge < -0.3 is 5.32 Å². The maximum absolute atomic E-state index is 13.3. The van der Waals surface area contributed by atoms with Gasteiger partial charge >= 0.3 is 0 Å². The van der Waals surface area contributed by atoms with E-state index in [-0.39, 0.29) is 18.0 Å². The lowest BCUT2D eigenvalue weighted by Gasteiger charge is -2.07. The van der Waals surface area contributed by atoms with E-state index in [1.54, 1.807) is 10.6 Å². The SMILES string of the molecule is Cc1ccc(-c2ccc3nnc(CNC(=O)c4cccc(F)c4)n3n2)cc1C. The zero-order valence-corrected chi connectivity index (χ0v) is 15.5. The van der Waals surface area contributed by atoms with Crippen LogP contribution in [0.1, 0.15) is 27.3 Å². The van der Waals surface area contributed by atoms with Crippen LogP contribution in [0, 0.1) is 19.7 Å². The lowest BCUT2D eigenvalue weighted by atomic mass is 10.0. The molecule has 0 radical (unpaired) electrons. The molecule has 4 aromatic rings. The van der Waals surface area contributed by atoms with E-state index >= 15 is 0 Å². The molecule has 28 heavy (non-hydrogen) atoms. The number of nitrogens with one attached hydrogen (secondary N) is 1. The van der Waals surface area contributed by atoms with Crippen LogP contribution in [-0.4, -0.2) is 25.7 Å². The minimum atomic E-state index is -0.458. The first-order chi connectivity index (χ1) is 13.5. The number of carbonyl (C=O) groups excluding carboxylic acids is 1. The number of amides is 1. The third kappa shape index (κ3) is 3.46. The summed E-state index contributed by atoms with van der Waals surface area (Å²) in [6.07, 6.45) is 0. The van der Waals surface area contributed by atoms with Gasteiger partial charge in [-0.25, -0.2) is 4.39 Å². The summed E-state index contributed by atoms with van der Waals surface area (Å²) < 4.78 is 14.9. The van der Waals surface area contributed by atoms with Crippen LogP contribution in [-0.2, 0) is 6.54 Å². The van der Waals surface area contributed by atoms with Gasteiger partial charge in [-0.05, 0) is 61.4 Å². The molecule has 1 N–H and O–H groups in total. The molecule has 7 heteroatoms. The van der Waals surface area contributed by atoms with Gasteiger partial charge in [-0.15, -0.1) is 10.2 Å². The monoisotopic (exact) mass is 375 g/mol. The van der Waals surface area contributed by atoms with Crippen molar-refractivity contribution in [2.75, 3.05) is 0 Å². The first-order valence-corrected chi connectivity index (χ1v) is 8.84. The van der Waals surface area contributed by atoms with Gasteiger partial charge in [0.2, 0.25) is 0 Å². The number of fused-ring (bicyclic) bond motifs is 1. The minimum Gasteiger partial charge on any atom is -0.345 e. The first-order valence-electron chi connectivity index (χ1n) is 8.84. The zero-order valence-electron chi connectivity index (χ0n) is 15.5. The lowest BCUT2D eigenvalue weighted by Crippen LogP contribution is -2.24. The van der Waals surface area contributed by atoms with E-state index in [4.69, 9.17) is 0 Å². The quantitative estimate of drug-likeness (QED) is 0.593. The number of benzene rings is 2. The Hall–Kier alpha value is -3.61. The Balaban J connectivity index is 1.59. The second kappa shape index (κ2) is 7.19. The molecule has 2 aromatic carbocycles. The van der Waals surface area contributed by atoms with Crippen LogP contribution >= 0.6 is 0 Å². The van der Waals surface area contributed by atoms with E-state index in [2.05, 4.69) is 46.6 Å². The second-order valence-electron chi connectivity index (χ2n) is 6.60. The van der Waals surface area contributed by atoms with Crippen LogP contribution in [0.15, 0.2) is 54.6 Å². The summed E-state index contributed by atoms with van der Waals surface area (Å²) in [5.41, 5.74) is 5.02. The first kappa shape index (κ1) is 17.8. The Morgan fingerprint density at radius 3 is 2.68 bits per heavy atom. The van der Waals surface area contributed by atoms with Crippen LogP contribution in [0.2, 0.25) is 0 Å². The number of aryl methyl sites for hydroxylation is 2. The van der Waals surface area contributed by atoms with Gasteiger partial charge in [0.15, 0.2) is 11.5 Å². The van der Waals surface area contributed by atoms with Gasteiger partial charge in [0, 0.05) is 11.1 Å². The molecule has 0 aliphatic carbocycles. The number of nitrogens with zero attached hydrogens (tertiary/aromatic N) is 4. The lowest BCUT2D eigenvalue weighted by molar-refractivity contribution is 0.0949. The van der Waals surface area contributed by atoms with Crippen molar-refractivity contribution in [3.63, 3.8) is 0 Å². The Labute approximate surface area is 161 Å². The Kier molecular flexibility index (Phi) is 4.57. The van der Waals surface area contributed by atoms with Gasteiger partial charge in [-0.3, -0.25) is 4.79 Å². The number of hydrogen-bond acceptors (Lipinski definition) is 4. The molecule has 0 atom stereocenters. The molecule has 0 bridgehead atoms. The number of rotatable bonds is 4. The highest BCUT2D eigenvalue weighted by Gasteiger charge is 2.12. The predicted molar refractivity (Wildman–Crippen MR) is 103 cm³/mol. The molecule has 0 unspecified atom stereocenters. The molecule has 0 spiro atoms. The van der Waals surface area contributed by atoms with Crippen molar-refractivity contribution in [2.24, 2.45) is 0 Å². The molecule has 0 saturated heterocycles. The molecule has 0 aliphatic rings. The van der Waals surface area contributed by atoms with Crippen molar-refractivity contribution in [3.8, 4) is 11.3 Å². The van der Waals surface area contributed by atoms with Crippen LogP contribution < -0.4 is 5.32 Å². The van der Waals surface area contributed by atoms with Gasteiger partial charge in [0.05, 0.1) is 12.2 Å². The molecule has 140 valence electrons. The van der Waals surface area contributed by atoms with E-state index in [1.165, 1.54) is 29.3 Å². The molecule has 0 fully saturated rings. The van der Waals surface area contributed by atoms with Crippen LogP contribution in [0.5, 0.6) is 0 Å². The van der Waals surface area contributed by atoms with E-state index < -0.39 is 5.82 Å². The van der Waals surface area contributed by atoms with Gasteiger partial charge in [-0.2, -0.15) is 9.61 Å². The van der Waals surface area contributed by atoms with Crippen molar-refractivity contribution >= 4 is 11.6 Å². The predicted octanol–water partition coefficient (Wildman–Crippen LogP) is 3.48. The molecule has 0 aliphatic heterocycles. The largest absolute Gasteiger partial charge is 0.345 e. The summed E-state index contributed by atoms with van der Waals surface area (Å²) in [6, 6.07) is 15.4. The Bertz CT molecular complexity index is 1180. The third-order valence-electron chi connectivity index (χ3n) is 4.62. The van der Waals surface area contributed by atoms with Crippen molar-refractivity contribution in [2.45, 2.75) is 20.4 Å². The van der Waals surface area contributed by atoms with E-state index in [9.17, 15) is 9.18 Å². The van der Waals surface area contributed by atoms with Crippen molar-refractivity contribution in [1.29, 1.82) is 0 Å². The van der Waals surface area contributed by atoms with E-state index in [0.29, 0.717) is 11.5 Å². The average molecular weight is 375 g/mol. The maximum atomic E-state index is 13.3. The molecule has 4 rings (SSSR count). The number of carbonyl (C=O) groups is 1. The summed E-state index contributed by atoms with van der Waals surface area (Å²) in [4.78, 5) is 12.2. The number of halogens is 1. The molecule has 0 saturated carbocycles. The second-order valence-corrected chi connectivity index (χ2v) is 6.60. The average Bonchev–Trinajstić information content (AvgIpc) is 3.10. The minimum absolute atomic E-state index is 0.125. The molecular formula is C21H18FN5O. The summed E-state index contributed by atoms with van der Waals surface area (Å²) in [7, 11) is 0. The normalized spacial score (nSPS) is 11.0. The van der Waals surface area contributed by atoms with Crippen LogP contribution in [0.25, 0.3) is 16.9 Å². The fraction of sp³-hybridized carbons (Fsp3) is 0.143. The molecular weight excluding hydrogens is 357 g/mol. The molecule has 6 nitrogen and oxygen atoms in total. The zero-order chi connectivity index (χ0) is 19.7. The third-order valence-corrected chi connectivity index (χ3v) is 4.62. The standard InChI is InChI=1S/C21H18FN5O/c1-13-6-7-15(10-14(13)2)18-8-9-19-24-25-20(27(19)26-18)12-23-21(28)16-4-3-5-17(22)11-16/h3-11H,12H2,1-2H3,(H,23,28). The summed E-state index contributed by atoms with van der Waals surface area (Å²) >= 11 is 0. The van der Waals surface area contributed by atoms with Gasteiger partial charge in [-0.1, -0.05) is 18.2 Å². The van der Waals surface area contributed by atoms with Crippen LogP contribution in [0.4, 0.5) is 4.39 Å². The number of aromatic nitrogens is 4. The fourth-order valence-corrected chi connectivity index (χ4v) is 2.89. The topological polar surface area (TPSA) is 72.2 Å². The highest BCUT2D eigenvalue weighted by atomic mass is 19.1. The van der Waals surface area contributed by atoms with Crippen molar-refractivity contribution < 1.29 is 9.18 Å². The molecule has 2 heterocycles. The van der Waals surface area contributed by atoms with Crippen molar-refractivity contribution in [3.05, 3.63) is 82.9 Å². The fourth-order valence-electron chi connectivity index (χ4n) is 2.89. The van der Waals surface area contributed by atoms with Crippen LogP contribution in [0.3, 0.4) is 0 Å². The Morgan fingerprint density at radius 1 is 1.04 bits per heavy atom. The summed E-state index contributed by atoms with van der Waals surface area (Å²) in [6.45, 7) is 4.25. The summed E-state index contributed by atoms with van der Waals surface area (Å²) in [5.74, 6) is -0.354. The smallest absolute Gasteiger partial charge is 0.251 e. The van der Waals surface area contributed by atoms with Gasteiger partial charge in [0.1, 0.15) is 5.82 Å². The van der Waals surface area contributed by atoms with E-state index in [0.717, 1.165) is 11.3 Å². The highest BCUT2D eigenvalue weighted by Crippen LogP contribution is 2.20. The van der Waals surface area contributed by atoms with Gasteiger partial charge in [0.25, 0.3) is 5.91 Å².